The van der Waals surface area contributed by atoms with Crippen LogP contribution >= 0.6 is 11.9 Å². The second kappa shape index (κ2) is 8.07. The van der Waals surface area contributed by atoms with Crippen molar-refractivity contribution in [3.63, 3.8) is 0 Å². The maximum Gasteiger partial charge on any atom is 0.226 e. The van der Waals surface area contributed by atoms with Crippen LogP contribution < -0.4 is 4.72 Å². The lowest BCUT2D eigenvalue weighted by Crippen LogP contribution is -2.46. The van der Waals surface area contributed by atoms with E-state index in [1.807, 2.05) is 0 Å². The average Bonchev–Trinajstić information content (AvgIpc) is 3.49. The average molecular weight is 381 g/mol. The number of nitrogens with one attached hydrogen (secondary N) is 1. The molecular weight excluding hydrogens is 352 g/mol. The van der Waals surface area contributed by atoms with E-state index < -0.39 is 0 Å². The lowest BCUT2D eigenvalue weighted by molar-refractivity contribution is -0.133. The molecule has 1 aliphatic heterocycles. The number of carbonyl (C=O) groups excluding carboxylic acids is 1. The first kappa shape index (κ1) is 18.6. The zero-order valence-electron chi connectivity index (χ0n) is 16.2. The number of rotatable bonds is 5. The number of amides is 1. The summed E-state index contributed by atoms with van der Waals surface area (Å²) in [6.07, 6.45) is 5.30. The first-order valence-electron chi connectivity index (χ1n) is 9.90. The predicted octanol–water partition coefficient (Wildman–Crippen LogP) is 4.62. The summed E-state index contributed by atoms with van der Waals surface area (Å²) >= 11 is 1.66. The maximum atomic E-state index is 13.1. The lowest BCUT2D eigenvalue weighted by Gasteiger charge is -2.33. The molecule has 3 unspecified atom stereocenters. The van der Waals surface area contributed by atoms with E-state index in [0.29, 0.717) is 17.9 Å². The van der Waals surface area contributed by atoms with Crippen LogP contribution in [0.1, 0.15) is 36.3 Å². The highest BCUT2D eigenvalue weighted by atomic mass is 32.2. The molecule has 1 N–H and O–H groups in total. The number of hydrogen-bond donors (Lipinski definition) is 1. The highest BCUT2D eigenvalue weighted by Crippen LogP contribution is 2.51. The van der Waals surface area contributed by atoms with Crippen LogP contribution in [0.15, 0.2) is 48.5 Å². The fourth-order valence-corrected chi connectivity index (χ4v) is 4.87. The van der Waals surface area contributed by atoms with Gasteiger partial charge in [0.25, 0.3) is 0 Å². The predicted molar refractivity (Wildman–Crippen MR) is 114 cm³/mol. The van der Waals surface area contributed by atoms with Crippen molar-refractivity contribution in [3.8, 4) is 11.1 Å². The summed E-state index contributed by atoms with van der Waals surface area (Å²) in [5.41, 5.74) is 5.14. The Balaban J connectivity index is 1.51. The second-order valence-corrected chi connectivity index (χ2v) is 8.49. The van der Waals surface area contributed by atoms with E-state index in [9.17, 15) is 4.79 Å². The van der Waals surface area contributed by atoms with Crippen LogP contribution in [0.25, 0.3) is 11.1 Å². The van der Waals surface area contributed by atoms with Crippen molar-refractivity contribution in [1.82, 2.24) is 9.62 Å². The summed E-state index contributed by atoms with van der Waals surface area (Å²) in [5.74, 6) is 0.873. The standard InChI is InChI=1S/C23H28N2OS/c1-16-10-11-19(20(13-16)17-7-4-3-5-8-17)21-14-22(21)23(26)25-12-6-9-18(15-25)24-27-2/h3-5,7-8,10-11,13,18,21-22,24H,6,9,12,14-15H2,1-2H3. The van der Waals surface area contributed by atoms with Crippen molar-refractivity contribution >= 4 is 17.9 Å². The molecule has 4 rings (SSSR count). The molecule has 0 radical (unpaired) electrons. The van der Waals surface area contributed by atoms with Gasteiger partial charge in [-0.05, 0) is 55.1 Å². The highest BCUT2D eigenvalue weighted by Gasteiger charge is 2.47. The molecule has 0 spiro atoms. The molecule has 1 amide bonds. The molecule has 1 saturated carbocycles. The normalized spacial score (nSPS) is 24.7. The molecule has 0 aromatic heterocycles. The van der Waals surface area contributed by atoms with Crippen molar-refractivity contribution in [2.24, 2.45) is 5.92 Å². The molecule has 27 heavy (non-hydrogen) atoms. The van der Waals surface area contributed by atoms with Gasteiger partial charge in [-0.15, -0.1) is 0 Å². The van der Waals surface area contributed by atoms with E-state index in [1.54, 1.807) is 11.9 Å². The van der Waals surface area contributed by atoms with Gasteiger partial charge in [0.05, 0.1) is 0 Å². The van der Waals surface area contributed by atoms with Gasteiger partial charge < -0.3 is 4.90 Å². The Hall–Kier alpha value is -1.78. The molecule has 2 aromatic carbocycles. The fourth-order valence-electron chi connectivity index (χ4n) is 4.35. The first-order valence-corrected chi connectivity index (χ1v) is 11.1. The minimum atomic E-state index is 0.156. The van der Waals surface area contributed by atoms with Crippen LogP contribution in [0.2, 0.25) is 0 Å². The zero-order chi connectivity index (χ0) is 18.8. The molecule has 1 saturated heterocycles. The van der Waals surface area contributed by atoms with Gasteiger partial charge in [-0.25, -0.2) is 0 Å². The van der Waals surface area contributed by atoms with E-state index in [4.69, 9.17) is 0 Å². The fraction of sp³-hybridized carbons (Fsp3) is 0.435. The summed E-state index contributed by atoms with van der Waals surface area (Å²) in [6.45, 7) is 3.90. The summed E-state index contributed by atoms with van der Waals surface area (Å²) < 4.78 is 3.43. The van der Waals surface area contributed by atoms with Gasteiger partial charge in [-0.1, -0.05) is 66.0 Å². The van der Waals surface area contributed by atoms with E-state index in [0.717, 1.165) is 32.4 Å². The minimum absolute atomic E-state index is 0.156. The maximum absolute atomic E-state index is 13.1. The highest BCUT2D eigenvalue weighted by molar-refractivity contribution is 7.96. The molecule has 142 valence electrons. The Morgan fingerprint density at radius 1 is 1.19 bits per heavy atom. The molecule has 0 bridgehead atoms. The third-order valence-electron chi connectivity index (χ3n) is 5.82. The Labute approximate surface area is 166 Å². The molecule has 4 heteroatoms. The summed E-state index contributed by atoms with van der Waals surface area (Å²) in [4.78, 5) is 15.2. The quantitative estimate of drug-likeness (QED) is 0.768. The third-order valence-corrected chi connectivity index (χ3v) is 6.39. The summed E-state index contributed by atoms with van der Waals surface area (Å²) in [5, 5.41) is 0. The zero-order valence-corrected chi connectivity index (χ0v) is 17.0. The molecule has 2 aromatic rings. The smallest absolute Gasteiger partial charge is 0.226 e. The van der Waals surface area contributed by atoms with Gasteiger partial charge in [0.2, 0.25) is 5.91 Å². The van der Waals surface area contributed by atoms with Crippen LogP contribution in [0, 0.1) is 12.8 Å². The van der Waals surface area contributed by atoms with E-state index >= 15 is 0 Å². The van der Waals surface area contributed by atoms with Gasteiger partial charge in [0.15, 0.2) is 0 Å². The molecule has 1 heterocycles. The summed E-state index contributed by atoms with van der Waals surface area (Å²) in [7, 11) is 0. The number of likely N-dealkylation sites (tertiary alicyclic amines) is 1. The van der Waals surface area contributed by atoms with Crippen molar-refractivity contribution in [1.29, 1.82) is 0 Å². The Kier molecular flexibility index (Phi) is 5.55. The largest absolute Gasteiger partial charge is 0.341 e. The van der Waals surface area contributed by atoms with E-state index in [-0.39, 0.29) is 5.92 Å². The molecule has 2 fully saturated rings. The number of aryl methyl sites for hydroxylation is 1. The van der Waals surface area contributed by atoms with Crippen molar-refractivity contribution in [2.75, 3.05) is 19.3 Å². The number of benzene rings is 2. The molecular formula is C23H28N2OS. The SMILES string of the molecule is CSNC1CCCN(C(=O)C2CC2c2ccc(C)cc2-c2ccccc2)C1. The topological polar surface area (TPSA) is 32.3 Å². The van der Waals surface area contributed by atoms with Crippen molar-refractivity contribution < 1.29 is 4.79 Å². The monoisotopic (exact) mass is 380 g/mol. The van der Waals surface area contributed by atoms with Gasteiger partial charge in [0, 0.05) is 25.0 Å². The van der Waals surface area contributed by atoms with Crippen LogP contribution in [-0.4, -0.2) is 36.2 Å². The Morgan fingerprint density at radius 2 is 2.00 bits per heavy atom. The Morgan fingerprint density at radius 3 is 2.78 bits per heavy atom. The lowest BCUT2D eigenvalue weighted by atomic mass is 9.94. The third kappa shape index (κ3) is 4.07. The molecule has 3 atom stereocenters. The number of hydrogen-bond acceptors (Lipinski definition) is 3. The Bertz CT molecular complexity index is 805. The molecule has 1 aliphatic carbocycles. The minimum Gasteiger partial charge on any atom is -0.341 e. The van der Waals surface area contributed by atoms with Crippen LogP contribution in [0.4, 0.5) is 0 Å². The summed E-state index contributed by atoms with van der Waals surface area (Å²) in [6, 6.07) is 17.7. The van der Waals surface area contributed by atoms with Gasteiger partial charge in [0.1, 0.15) is 0 Å². The first-order chi connectivity index (χ1) is 13.2. The van der Waals surface area contributed by atoms with Gasteiger partial charge in [-0.3, -0.25) is 9.52 Å². The second-order valence-electron chi connectivity index (χ2n) is 7.85. The van der Waals surface area contributed by atoms with Crippen LogP contribution in [0.5, 0.6) is 0 Å². The number of nitrogens with zero attached hydrogens (tertiary/aromatic N) is 1. The van der Waals surface area contributed by atoms with Crippen molar-refractivity contribution in [3.05, 3.63) is 59.7 Å². The van der Waals surface area contributed by atoms with Crippen LogP contribution in [-0.2, 0) is 4.79 Å². The number of carbonyl (C=O) groups is 1. The molecule has 2 aliphatic rings. The molecule has 3 nitrogen and oxygen atoms in total. The van der Waals surface area contributed by atoms with Crippen molar-refractivity contribution in [2.45, 2.75) is 38.1 Å². The van der Waals surface area contributed by atoms with E-state index in [1.165, 1.54) is 22.3 Å². The number of piperidine rings is 1. The van der Waals surface area contributed by atoms with Gasteiger partial charge in [-0.2, -0.15) is 0 Å². The van der Waals surface area contributed by atoms with Crippen LogP contribution in [0.3, 0.4) is 0 Å². The van der Waals surface area contributed by atoms with Gasteiger partial charge >= 0.3 is 0 Å². The van der Waals surface area contributed by atoms with E-state index in [2.05, 4.69) is 71.3 Å².